The van der Waals surface area contributed by atoms with Crippen LogP contribution < -0.4 is 10.9 Å². The van der Waals surface area contributed by atoms with Crippen molar-refractivity contribution in [1.82, 2.24) is 5.32 Å². The molecule has 1 unspecified atom stereocenters. The highest BCUT2D eigenvalue weighted by Gasteiger charge is 2.23. The number of aryl methyl sites for hydroxylation is 1. The molecular formula is C30H25NO6S. The Morgan fingerprint density at radius 1 is 0.974 bits per heavy atom. The molecule has 5 aromatic rings. The molecule has 0 spiro atoms. The summed E-state index contributed by atoms with van der Waals surface area (Å²) in [5.74, 6) is -0.859. The van der Waals surface area contributed by atoms with E-state index >= 15 is 0 Å². The van der Waals surface area contributed by atoms with Gasteiger partial charge in [0.15, 0.2) is 0 Å². The van der Waals surface area contributed by atoms with Crippen LogP contribution >= 0.6 is 11.8 Å². The molecule has 2 heterocycles. The monoisotopic (exact) mass is 527 g/mol. The Morgan fingerprint density at radius 2 is 1.68 bits per heavy atom. The van der Waals surface area contributed by atoms with Crippen LogP contribution in [0.3, 0.4) is 0 Å². The van der Waals surface area contributed by atoms with Crippen LogP contribution in [0, 0.1) is 6.92 Å². The van der Waals surface area contributed by atoms with Gasteiger partial charge in [-0.2, -0.15) is 11.8 Å². The molecule has 0 aliphatic rings. The van der Waals surface area contributed by atoms with Crippen LogP contribution in [0.5, 0.6) is 0 Å². The Hall–Kier alpha value is -4.30. The third-order valence-electron chi connectivity index (χ3n) is 6.43. The molecule has 2 aromatic heterocycles. The van der Waals surface area contributed by atoms with E-state index < -0.39 is 23.5 Å². The molecule has 3 aromatic carbocycles. The van der Waals surface area contributed by atoms with Crippen molar-refractivity contribution in [2.75, 3.05) is 5.75 Å². The first-order chi connectivity index (χ1) is 18.4. The third-order valence-corrected chi connectivity index (χ3v) is 7.54. The van der Waals surface area contributed by atoms with Gasteiger partial charge in [-0.25, -0.2) is 9.59 Å². The lowest BCUT2D eigenvalue weighted by atomic mass is 9.99. The van der Waals surface area contributed by atoms with Gasteiger partial charge in [-0.05, 0) is 29.7 Å². The number of hydrogen-bond donors (Lipinski definition) is 2. The highest BCUT2D eigenvalue weighted by Crippen LogP contribution is 2.34. The van der Waals surface area contributed by atoms with Gasteiger partial charge in [-0.3, -0.25) is 4.79 Å². The van der Waals surface area contributed by atoms with Crippen molar-refractivity contribution in [3.8, 4) is 11.1 Å². The van der Waals surface area contributed by atoms with Crippen LogP contribution in [0.2, 0.25) is 0 Å². The summed E-state index contributed by atoms with van der Waals surface area (Å²) in [4.78, 5) is 37.4. The maximum atomic E-state index is 12.8. The minimum absolute atomic E-state index is 0.195. The van der Waals surface area contributed by atoms with Crippen LogP contribution in [-0.2, 0) is 21.8 Å². The van der Waals surface area contributed by atoms with Crippen molar-refractivity contribution < 1.29 is 23.5 Å². The van der Waals surface area contributed by atoms with Gasteiger partial charge >= 0.3 is 11.6 Å². The summed E-state index contributed by atoms with van der Waals surface area (Å²) in [6.45, 7) is 1.76. The SMILES string of the molecule is Cc1c(CC(=O)NC(CSCc2ccccc2)C(=O)O)c(=O)oc2cc3occ(-c4ccccc4)c3cc12. The van der Waals surface area contributed by atoms with E-state index in [1.165, 1.54) is 11.8 Å². The van der Waals surface area contributed by atoms with Gasteiger partial charge in [0, 0.05) is 33.9 Å². The predicted octanol–water partition coefficient (Wildman–Crippen LogP) is 5.56. The molecule has 1 atom stereocenters. The Morgan fingerprint density at radius 3 is 2.39 bits per heavy atom. The van der Waals surface area contributed by atoms with Crippen molar-refractivity contribution in [3.05, 3.63) is 106 Å². The molecule has 7 nitrogen and oxygen atoms in total. The molecule has 192 valence electrons. The lowest BCUT2D eigenvalue weighted by Crippen LogP contribution is -2.43. The van der Waals surface area contributed by atoms with Gasteiger partial charge in [0.05, 0.1) is 18.2 Å². The summed E-state index contributed by atoms with van der Waals surface area (Å²) in [7, 11) is 0. The summed E-state index contributed by atoms with van der Waals surface area (Å²) >= 11 is 1.42. The minimum Gasteiger partial charge on any atom is -0.480 e. The van der Waals surface area contributed by atoms with Gasteiger partial charge in [0.1, 0.15) is 17.2 Å². The fourth-order valence-corrected chi connectivity index (χ4v) is 5.41. The standard InChI is InChI=1S/C30H25NO6S/c1-18-21-12-23-24(20-10-6-3-7-11-20)15-36-26(23)14-27(21)37-30(35)22(18)13-28(32)31-25(29(33)34)17-38-16-19-8-4-2-5-9-19/h2-12,14-15,25H,13,16-17H2,1H3,(H,31,32)(H,33,34). The molecule has 0 saturated heterocycles. The number of thioether (sulfide) groups is 1. The van der Waals surface area contributed by atoms with E-state index in [4.69, 9.17) is 8.83 Å². The summed E-state index contributed by atoms with van der Waals surface area (Å²) in [6, 6.07) is 22.0. The first-order valence-corrected chi connectivity index (χ1v) is 13.2. The first kappa shape index (κ1) is 25.4. The van der Waals surface area contributed by atoms with E-state index in [0.717, 1.165) is 22.1 Å². The molecule has 2 N–H and O–H groups in total. The molecule has 38 heavy (non-hydrogen) atoms. The quantitative estimate of drug-likeness (QED) is 0.242. The lowest BCUT2D eigenvalue weighted by molar-refractivity contribution is -0.141. The zero-order chi connectivity index (χ0) is 26.6. The van der Waals surface area contributed by atoms with Crippen LogP contribution in [-0.4, -0.2) is 28.8 Å². The van der Waals surface area contributed by atoms with E-state index in [-0.39, 0.29) is 17.7 Å². The molecule has 8 heteroatoms. The summed E-state index contributed by atoms with van der Waals surface area (Å²) in [5, 5.41) is 13.7. The molecule has 0 saturated carbocycles. The average Bonchev–Trinajstić information content (AvgIpc) is 3.33. The molecule has 0 aliphatic heterocycles. The number of furan rings is 1. The number of amides is 1. The number of carboxylic acids is 1. The van der Waals surface area contributed by atoms with Crippen LogP contribution in [0.25, 0.3) is 33.1 Å². The second-order valence-corrected chi connectivity index (χ2v) is 10.0. The molecule has 1 amide bonds. The molecule has 0 aliphatic carbocycles. The van der Waals surface area contributed by atoms with Crippen LogP contribution in [0.4, 0.5) is 0 Å². The number of rotatable bonds is 9. The van der Waals surface area contributed by atoms with Gasteiger partial charge < -0.3 is 19.3 Å². The Balaban J connectivity index is 1.37. The Kier molecular flexibility index (Phi) is 7.33. The molecule has 0 radical (unpaired) electrons. The maximum absolute atomic E-state index is 12.8. The number of carboxylic acid groups (broad SMARTS) is 1. The van der Waals surface area contributed by atoms with Crippen LogP contribution in [0.1, 0.15) is 16.7 Å². The topological polar surface area (TPSA) is 110 Å². The highest BCUT2D eigenvalue weighted by atomic mass is 32.2. The smallest absolute Gasteiger partial charge is 0.340 e. The number of carbonyl (C=O) groups is 2. The zero-order valence-corrected chi connectivity index (χ0v) is 21.4. The Bertz CT molecular complexity index is 1670. The third kappa shape index (κ3) is 5.35. The Labute approximate surface area is 222 Å². The number of fused-ring (bicyclic) bond motifs is 2. The molecule has 0 bridgehead atoms. The maximum Gasteiger partial charge on any atom is 0.340 e. The zero-order valence-electron chi connectivity index (χ0n) is 20.6. The van der Waals surface area contributed by atoms with Crippen molar-refractivity contribution in [3.63, 3.8) is 0 Å². The van der Waals surface area contributed by atoms with Crippen LogP contribution in [0.15, 0.2) is 92.7 Å². The van der Waals surface area contributed by atoms with Crippen molar-refractivity contribution in [2.24, 2.45) is 0 Å². The normalized spacial score (nSPS) is 12.0. The van der Waals surface area contributed by atoms with Gasteiger partial charge in [0.2, 0.25) is 5.91 Å². The number of nitrogens with one attached hydrogen (secondary N) is 1. The summed E-state index contributed by atoms with van der Waals surface area (Å²) in [5.41, 5.74) is 4.08. The molecule has 5 rings (SSSR count). The minimum atomic E-state index is -1.13. The summed E-state index contributed by atoms with van der Waals surface area (Å²) in [6.07, 6.45) is 1.38. The van der Waals surface area contributed by atoms with Crippen molar-refractivity contribution in [2.45, 2.75) is 25.1 Å². The van der Waals surface area contributed by atoms with Gasteiger partial charge in [0.25, 0.3) is 0 Å². The average molecular weight is 528 g/mol. The van der Waals surface area contributed by atoms with Gasteiger partial charge in [-0.15, -0.1) is 0 Å². The predicted molar refractivity (Wildman–Crippen MR) is 148 cm³/mol. The van der Waals surface area contributed by atoms with E-state index in [0.29, 0.717) is 27.9 Å². The van der Waals surface area contributed by atoms with Gasteiger partial charge in [-0.1, -0.05) is 60.7 Å². The second-order valence-electron chi connectivity index (χ2n) is 8.99. The second kappa shape index (κ2) is 11.0. The number of benzene rings is 3. The molecular weight excluding hydrogens is 502 g/mol. The fraction of sp³-hybridized carbons (Fsp3) is 0.167. The largest absolute Gasteiger partial charge is 0.480 e. The number of hydrogen-bond acceptors (Lipinski definition) is 6. The van der Waals surface area contributed by atoms with E-state index in [2.05, 4.69) is 5.32 Å². The summed E-state index contributed by atoms with van der Waals surface area (Å²) < 4.78 is 11.3. The lowest BCUT2D eigenvalue weighted by Gasteiger charge is -2.15. The number of aliphatic carboxylic acids is 1. The van der Waals surface area contributed by atoms with E-state index in [1.807, 2.05) is 66.7 Å². The van der Waals surface area contributed by atoms with Crippen molar-refractivity contribution >= 4 is 45.6 Å². The number of carbonyl (C=O) groups excluding carboxylic acids is 1. The molecule has 0 fully saturated rings. The fourth-order valence-electron chi connectivity index (χ4n) is 4.41. The first-order valence-electron chi connectivity index (χ1n) is 12.1. The van der Waals surface area contributed by atoms with E-state index in [9.17, 15) is 19.5 Å². The van der Waals surface area contributed by atoms with E-state index in [1.54, 1.807) is 19.3 Å². The highest BCUT2D eigenvalue weighted by molar-refractivity contribution is 7.98. The van der Waals surface area contributed by atoms with Crippen molar-refractivity contribution in [1.29, 1.82) is 0 Å².